The summed E-state index contributed by atoms with van der Waals surface area (Å²) in [6.07, 6.45) is 3.64. The molecule has 3 N–H and O–H groups in total. The third-order valence-electron chi connectivity index (χ3n) is 3.52. The molecule has 1 amide bonds. The third kappa shape index (κ3) is 3.46. The van der Waals surface area contributed by atoms with E-state index < -0.39 is 0 Å². The van der Waals surface area contributed by atoms with Gasteiger partial charge in [0.25, 0.3) is 0 Å². The second-order valence-corrected chi connectivity index (χ2v) is 5.19. The Bertz CT molecular complexity index is 623. The van der Waals surface area contributed by atoms with E-state index in [1.165, 1.54) is 0 Å². The predicted molar refractivity (Wildman–Crippen MR) is 83.0 cm³/mol. The highest BCUT2D eigenvalue weighted by Crippen LogP contribution is 2.33. The van der Waals surface area contributed by atoms with Crippen molar-refractivity contribution in [3.05, 3.63) is 35.4 Å². The number of aliphatic hydroxyl groups is 1. The molecule has 6 nitrogen and oxygen atoms in total. The van der Waals surface area contributed by atoms with Crippen LogP contribution < -0.4 is 10.2 Å². The van der Waals surface area contributed by atoms with Crippen molar-refractivity contribution in [1.29, 1.82) is 0 Å². The van der Waals surface area contributed by atoms with Gasteiger partial charge in [0.2, 0.25) is 5.91 Å². The Hall–Kier alpha value is -2.34. The number of phenols is 1. The first-order valence-corrected chi connectivity index (χ1v) is 7.12. The zero-order valence-corrected chi connectivity index (χ0v) is 12.7. The minimum absolute atomic E-state index is 0.0318. The van der Waals surface area contributed by atoms with Gasteiger partial charge in [0.15, 0.2) is 0 Å². The quantitative estimate of drug-likeness (QED) is 0.719. The van der Waals surface area contributed by atoms with E-state index in [0.717, 1.165) is 0 Å². The number of nitrogens with one attached hydrogen (secondary N) is 1. The van der Waals surface area contributed by atoms with Gasteiger partial charge in [0.05, 0.1) is 12.3 Å². The molecule has 0 bridgehead atoms. The van der Waals surface area contributed by atoms with E-state index in [4.69, 9.17) is 9.84 Å². The lowest BCUT2D eigenvalue weighted by Gasteiger charge is -2.21. The number of hydrogen-bond acceptors (Lipinski definition) is 5. The summed E-state index contributed by atoms with van der Waals surface area (Å²) in [5, 5.41) is 23.1. The van der Waals surface area contributed by atoms with E-state index in [1.54, 1.807) is 31.2 Å². The van der Waals surface area contributed by atoms with Crippen molar-refractivity contribution in [2.75, 3.05) is 13.2 Å². The van der Waals surface area contributed by atoms with Crippen LogP contribution in [0.4, 0.5) is 0 Å². The Morgan fingerprint density at radius 3 is 2.91 bits per heavy atom. The van der Waals surface area contributed by atoms with Crippen molar-refractivity contribution in [2.45, 2.75) is 20.3 Å². The minimum atomic E-state index is -0.122. The SMILES string of the molecule is Cc1c(OC/C=C\CO)ccc(C2=NNC(=O)CC2C)c1O. The summed E-state index contributed by atoms with van der Waals surface area (Å²) in [5.74, 6) is 0.490. The number of rotatable bonds is 5. The highest BCUT2D eigenvalue weighted by molar-refractivity contribution is 6.07. The largest absolute Gasteiger partial charge is 0.507 e. The number of nitrogens with zero attached hydrogens (tertiary/aromatic N) is 1. The highest BCUT2D eigenvalue weighted by Gasteiger charge is 2.24. The van der Waals surface area contributed by atoms with Gasteiger partial charge in [-0.15, -0.1) is 0 Å². The summed E-state index contributed by atoms with van der Waals surface area (Å²) in [4.78, 5) is 11.3. The number of carbonyl (C=O) groups is 1. The Kier molecular flexibility index (Phi) is 5.16. The van der Waals surface area contributed by atoms with Crippen LogP contribution in [-0.2, 0) is 4.79 Å². The van der Waals surface area contributed by atoms with Crippen molar-refractivity contribution in [3.8, 4) is 11.5 Å². The zero-order valence-electron chi connectivity index (χ0n) is 12.7. The molecule has 0 aliphatic carbocycles. The molecule has 2 rings (SSSR count). The van der Waals surface area contributed by atoms with Crippen LogP contribution in [0.3, 0.4) is 0 Å². The van der Waals surface area contributed by atoms with Crippen LogP contribution in [0.5, 0.6) is 11.5 Å². The molecule has 0 spiro atoms. The maximum absolute atomic E-state index is 11.3. The summed E-state index contributed by atoms with van der Waals surface area (Å²) in [6.45, 7) is 3.94. The Labute approximate surface area is 129 Å². The number of hydrogen-bond donors (Lipinski definition) is 3. The van der Waals surface area contributed by atoms with Gasteiger partial charge in [-0.3, -0.25) is 4.79 Å². The van der Waals surface area contributed by atoms with Crippen LogP contribution in [-0.4, -0.2) is 35.0 Å². The number of hydrazone groups is 1. The molecule has 0 fully saturated rings. The maximum Gasteiger partial charge on any atom is 0.240 e. The first-order valence-electron chi connectivity index (χ1n) is 7.12. The van der Waals surface area contributed by atoms with Gasteiger partial charge in [-0.2, -0.15) is 5.10 Å². The second-order valence-electron chi connectivity index (χ2n) is 5.19. The smallest absolute Gasteiger partial charge is 0.240 e. The van der Waals surface area contributed by atoms with Crippen LogP contribution in [0, 0.1) is 12.8 Å². The van der Waals surface area contributed by atoms with E-state index in [1.807, 2.05) is 6.92 Å². The normalized spacial score (nSPS) is 18.2. The Balaban J connectivity index is 2.23. The van der Waals surface area contributed by atoms with Crippen LogP contribution >= 0.6 is 0 Å². The fraction of sp³-hybridized carbons (Fsp3) is 0.375. The number of amides is 1. The van der Waals surface area contributed by atoms with Gasteiger partial charge in [0, 0.05) is 23.5 Å². The Morgan fingerprint density at radius 2 is 2.23 bits per heavy atom. The third-order valence-corrected chi connectivity index (χ3v) is 3.52. The number of benzene rings is 1. The minimum Gasteiger partial charge on any atom is -0.507 e. The van der Waals surface area contributed by atoms with E-state index in [2.05, 4.69) is 10.5 Å². The molecule has 1 aliphatic heterocycles. The fourth-order valence-electron chi connectivity index (χ4n) is 2.30. The number of aliphatic hydroxyl groups excluding tert-OH is 1. The van der Waals surface area contributed by atoms with Crippen LogP contribution in [0.2, 0.25) is 0 Å². The molecule has 1 aliphatic rings. The lowest BCUT2D eigenvalue weighted by molar-refractivity contribution is -0.121. The molecule has 0 radical (unpaired) electrons. The average molecular weight is 304 g/mol. The number of carbonyl (C=O) groups excluding carboxylic acids is 1. The molecular formula is C16H20N2O4. The lowest BCUT2D eigenvalue weighted by Crippen LogP contribution is -2.32. The summed E-state index contributed by atoms with van der Waals surface area (Å²) in [7, 11) is 0. The van der Waals surface area contributed by atoms with E-state index in [0.29, 0.717) is 35.6 Å². The number of aromatic hydroxyl groups is 1. The first kappa shape index (κ1) is 16.0. The van der Waals surface area contributed by atoms with Crippen LogP contribution in [0.15, 0.2) is 29.4 Å². The van der Waals surface area contributed by atoms with Crippen LogP contribution in [0.1, 0.15) is 24.5 Å². The number of phenolic OH excluding ortho intramolecular Hbond substituents is 1. The summed E-state index contributed by atoms with van der Waals surface area (Å²) < 4.78 is 5.54. The molecule has 1 atom stereocenters. The average Bonchev–Trinajstić information content (AvgIpc) is 2.49. The lowest BCUT2D eigenvalue weighted by atomic mass is 9.92. The van der Waals surface area contributed by atoms with Crippen molar-refractivity contribution in [3.63, 3.8) is 0 Å². The standard InChI is InChI=1S/C16H20N2O4/c1-10-9-14(20)17-18-15(10)12-5-6-13(11(2)16(12)21)22-8-4-3-7-19/h3-6,10,19,21H,7-9H2,1-2H3,(H,17,20)/b4-3-. The van der Waals surface area contributed by atoms with Crippen LogP contribution in [0.25, 0.3) is 0 Å². The molecule has 1 unspecified atom stereocenters. The van der Waals surface area contributed by atoms with Crippen molar-refractivity contribution < 1.29 is 19.7 Å². The van der Waals surface area contributed by atoms with Gasteiger partial charge in [-0.1, -0.05) is 13.0 Å². The van der Waals surface area contributed by atoms with Gasteiger partial charge in [0.1, 0.15) is 18.1 Å². The molecule has 1 heterocycles. The first-order chi connectivity index (χ1) is 10.5. The second kappa shape index (κ2) is 7.09. The maximum atomic E-state index is 11.3. The zero-order chi connectivity index (χ0) is 16.1. The fourth-order valence-corrected chi connectivity index (χ4v) is 2.30. The van der Waals surface area contributed by atoms with E-state index >= 15 is 0 Å². The van der Waals surface area contributed by atoms with E-state index in [-0.39, 0.29) is 24.2 Å². The molecule has 1 aromatic carbocycles. The van der Waals surface area contributed by atoms with E-state index in [9.17, 15) is 9.90 Å². The molecular weight excluding hydrogens is 284 g/mol. The summed E-state index contributed by atoms with van der Waals surface area (Å²) in [6, 6.07) is 3.50. The molecule has 0 saturated carbocycles. The van der Waals surface area contributed by atoms with Gasteiger partial charge >= 0.3 is 0 Å². The summed E-state index contributed by atoms with van der Waals surface area (Å²) >= 11 is 0. The predicted octanol–water partition coefficient (Wildman–Crippen LogP) is 1.49. The highest BCUT2D eigenvalue weighted by atomic mass is 16.5. The molecule has 118 valence electrons. The molecule has 6 heteroatoms. The van der Waals surface area contributed by atoms with Crippen molar-refractivity contribution in [1.82, 2.24) is 5.43 Å². The molecule has 0 aromatic heterocycles. The van der Waals surface area contributed by atoms with Gasteiger partial charge < -0.3 is 14.9 Å². The molecule has 1 aromatic rings. The van der Waals surface area contributed by atoms with Crippen molar-refractivity contribution in [2.24, 2.45) is 11.0 Å². The summed E-state index contributed by atoms with van der Waals surface area (Å²) in [5.41, 5.74) is 4.32. The molecule has 0 saturated heterocycles. The molecule has 22 heavy (non-hydrogen) atoms. The van der Waals surface area contributed by atoms with Gasteiger partial charge in [-0.25, -0.2) is 5.43 Å². The van der Waals surface area contributed by atoms with Crippen molar-refractivity contribution >= 4 is 11.6 Å². The topological polar surface area (TPSA) is 91.2 Å². The number of ether oxygens (including phenoxy) is 1. The Morgan fingerprint density at radius 1 is 1.45 bits per heavy atom. The monoisotopic (exact) mass is 304 g/mol. The van der Waals surface area contributed by atoms with Gasteiger partial charge in [-0.05, 0) is 25.1 Å².